The first-order valence-electron chi connectivity index (χ1n) is 14.1. The standard InChI is InChI=1S/C35H25N3O2S.Pt/c1-19-13-26-25-15-20(2)28(18-27(25)38-33(26)31(14-19)41-30-11-6-12-36-34(30)38)39-23-9-5-8-22(16-23)35-37-32-24-10-4-3-7-21(24)17-29(32)40-35;/h3-15,21,24,29,32H,17H2,1-2H3;/q-2;+2/t21?,24?,29-,32+;/m0./s1. The van der Waals surface area contributed by atoms with Crippen molar-refractivity contribution in [3.05, 3.63) is 108 Å². The maximum Gasteiger partial charge on any atom is 2.00 e. The van der Waals surface area contributed by atoms with Gasteiger partial charge < -0.3 is 14.0 Å². The molecule has 5 aromatic rings. The normalized spacial score (nSPS) is 22.8. The van der Waals surface area contributed by atoms with Crippen LogP contribution in [0.25, 0.3) is 27.6 Å². The van der Waals surface area contributed by atoms with E-state index in [0.29, 0.717) is 29.2 Å². The molecule has 0 saturated heterocycles. The number of aromatic nitrogens is 2. The van der Waals surface area contributed by atoms with Crippen molar-refractivity contribution in [2.45, 2.75) is 42.2 Å². The summed E-state index contributed by atoms with van der Waals surface area (Å²) in [4.78, 5) is 12.1. The Balaban J connectivity index is 0.00000267. The minimum Gasteiger partial charge on any atom is -0.515 e. The molecule has 0 N–H and O–H groups in total. The van der Waals surface area contributed by atoms with Crippen LogP contribution in [0.2, 0.25) is 0 Å². The van der Waals surface area contributed by atoms with Gasteiger partial charge in [-0.15, -0.1) is 35.2 Å². The summed E-state index contributed by atoms with van der Waals surface area (Å²) in [5.74, 6) is 3.81. The van der Waals surface area contributed by atoms with Crippen LogP contribution in [0.5, 0.6) is 11.5 Å². The number of hydrogen-bond acceptors (Lipinski definition) is 5. The molecule has 0 amide bonds. The Labute approximate surface area is 262 Å². The molecule has 4 aliphatic rings. The number of rotatable bonds is 3. The van der Waals surface area contributed by atoms with Crippen molar-refractivity contribution in [1.29, 1.82) is 0 Å². The summed E-state index contributed by atoms with van der Waals surface area (Å²) in [6.07, 6.45) is 11.8. The zero-order chi connectivity index (χ0) is 27.2. The summed E-state index contributed by atoms with van der Waals surface area (Å²) in [6.45, 7) is 4.23. The summed E-state index contributed by atoms with van der Waals surface area (Å²) < 4.78 is 15.1. The fourth-order valence-corrected chi connectivity index (χ4v) is 8.00. The minimum atomic E-state index is 0. The molecule has 1 saturated carbocycles. The van der Waals surface area contributed by atoms with E-state index in [1.54, 1.807) is 11.8 Å². The third-order valence-electron chi connectivity index (χ3n) is 8.66. The van der Waals surface area contributed by atoms with Crippen LogP contribution < -0.4 is 4.74 Å². The average molecular weight is 747 g/mol. The van der Waals surface area contributed by atoms with Gasteiger partial charge in [-0.05, 0) is 42.8 Å². The second kappa shape index (κ2) is 9.72. The molecule has 2 aliphatic heterocycles. The number of hydrogen-bond donors (Lipinski definition) is 0. The van der Waals surface area contributed by atoms with Crippen LogP contribution in [0.4, 0.5) is 0 Å². The minimum absolute atomic E-state index is 0. The molecule has 7 heteroatoms. The fourth-order valence-electron chi connectivity index (χ4n) is 6.84. The Bertz CT molecular complexity index is 2030. The summed E-state index contributed by atoms with van der Waals surface area (Å²) in [6, 6.07) is 23.9. The summed E-state index contributed by atoms with van der Waals surface area (Å²) in [5.41, 5.74) is 5.21. The molecule has 3 aromatic carbocycles. The molecule has 9 rings (SSSR count). The monoisotopic (exact) mass is 746 g/mol. The molecule has 1 fully saturated rings. The Morgan fingerprint density at radius 2 is 1.90 bits per heavy atom. The Morgan fingerprint density at radius 1 is 1.00 bits per heavy atom. The molecule has 4 heterocycles. The molecular weight excluding hydrogens is 722 g/mol. The van der Waals surface area contributed by atoms with Crippen LogP contribution in [0.1, 0.15) is 23.1 Å². The van der Waals surface area contributed by atoms with E-state index in [4.69, 9.17) is 19.5 Å². The topological polar surface area (TPSA) is 48.6 Å². The summed E-state index contributed by atoms with van der Waals surface area (Å²) >= 11 is 1.78. The third-order valence-corrected chi connectivity index (χ3v) is 9.73. The third kappa shape index (κ3) is 3.88. The van der Waals surface area contributed by atoms with Gasteiger partial charge in [0, 0.05) is 28.5 Å². The number of aryl methyl sites for hydroxylation is 2. The van der Waals surface area contributed by atoms with Crippen LogP contribution in [-0.4, -0.2) is 27.6 Å². The summed E-state index contributed by atoms with van der Waals surface area (Å²) in [7, 11) is 0. The molecule has 42 heavy (non-hydrogen) atoms. The number of benzene rings is 3. The Kier molecular flexibility index (Phi) is 6.03. The van der Waals surface area contributed by atoms with Gasteiger partial charge in [-0.3, -0.25) is 4.99 Å². The molecule has 0 bridgehead atoms. The molecule has 4 atom stereocenters. The number of fused-ring (bicyclic) bond motifs is 8. The van der Waals surface area contributed by atoms with Gasteiger partial charge in [-0.2, -0.15) is 6.07 Å². The summed E-state index contributed by atoms with van der Waals surface area (Å²) in [5, 5.41) is 2.36. The quantitative estimate of drug-likeness (QED) is 0.173. The van der Waals surface area contributed by atoms with E-state index in [1.165, 1.54) is 21.4 Å². The zero-order valence-corrected chi connectivity index (χ0v) is 26.0. The molecular formula is C35H25N3O2PtS. The van der Waals surface area contributed by atoms with E-state index in [0.717, 1.165) is 39.2 Å². The van der Waals surface area contributed by atoms with Crippen LogP contribution >= 0.6 is 11.8 Å². The molecule has 208 valence electrons. The zero-order valence-electron chi connectivity index (χ0n) is 22.9. The smallest absolute Gasteiger partial charge is 0.515 e. The maximum absolute atomic E-state index is 6.47. The molecule has 2 aliphatic carbocycles. The van der Waals surface area contributed by atoms with Crippen LogP contribution in [-0.2, 0) is 25.8 Å². The SMILES string of the molecule is Cc1cc2c3c(c1)c1cc(C)c(Oc4[c-]c(C5=N[C@@H]6C7C=CC=CC7C[C@@H]6O5)ccc4)[c-]c1n3-c1ncccc1S2.[Pt+2]. The Hall–Kier alpha value is -3.60. The molecule has 0 radical (unpaired) electrons. The molecule has 2 unspecified atom stereocenters. The van der Waals surface area contributed by atoms with E-state index in [1.807, 2.05) is 30.5 Å². The van der Waals surface area contributed by atoms with Gasteiger partial charge in [-0.1, -0.05) is 71.8 Å². The first-order valence-corrected chi connectivity index (χ1v) is 14.9. The van der Waals surface area contributed by atoms with E-state index >= 15 is 0 Å². The second-order valence-corrected chi connectivity index (χ2v) is 12.4. The van der Waals surface area contributed by atoms with Gasteiger partial charge in [-0.25, -0.2) is 4.98 Å². The van der Waals surface area contributed by atoms with Gasteiger partial charge in [0.15, 0.2) is 0 Å². The predicted molar refractivity (Wildman–Crippen MR) is 161 cm³/mol. The molecule has 0 spiro atoms. The van der Waals surface area contributed by atoms with Gasteiger partial charge in [0.05, 0.1) is 16.5 Å². The van der Waals surface area contributed by atoms with Gasteiger partial charge >= 0.3 is 21.1 Å². The number of allylic oxidation sites excluding steroid dienone is 3. The van der Waals surface area contributed by atoms with E-state index < -0.39 is 0 Å². The van der Waals surface area contributed by atoms with Crippen LogP contribution in [0.3, 0.4) is 0 Å². The van der Waals surface area contributed by atoms with Crippen molar-refractivity contribution in [2.75, 3.05) is 0 Å². The maximum atomic E-state index is 6.47. The van der Waals surface area contributed by atoms with Crippen molar-refractivity contribution in [3.63, 3.8) is 0 Å². The number of pyridine rings is 1. The number of aliphatic imine (C=N–C) groups is 1. The first-order chi connectivity index (χ1) is 20.1. The fraction of sp³-hybridized carbons (Fsp3) is 0.200. The van der Waals surface area contributed by atoms with Gasteiger partial charge in [0.1, 0.15) is 17.8 Å². The predicted octanol–water partition coefficient (Wildman–Crippen LogP) is 7.93. The van der Waals surface area contributed by atoms with E-state index in [-0.39, 0.29) is 33.2 Å². The van der Waals surface area contributed by atoms with Gasteiger partial charge in [0.25, 0.3) is 0 Å². The largest absolute Gasteiger partial charge is 2.00 e. The van der Waals surface area contributed by atoms with Crippen molar-refractivity contribution in [3.8, 4) is 17.3 Å². The van der Waals surface area contributed by atoms with Crippen molar-refractivity contribution in [1.82, 2.24) is 9.55 Å². The number of nitrogens with zero attached hydrogens (tertiary/aromatic N) is 3. The van der Waals surface area contributed by atoms with Crippen molar-refractivity contribution >= 4 is 39.5 Å². The number of ether oxygens (including phenoxy) is 2. The van der Waals surface area contributed by atoms with Crippen LogP contribution in [0, 0.1) is 37.8 Å². The van der Waals surface area contributed by atoms with Crippen molar-refractivity contribution in [2.24, 2.45) is 16.8 Å². The van der Waals surface area contributed by atoms with E-state index in [9.17, 15) is 0 Å². The second-order valence-electron chi connectivity index (χ2n) is 11.3. The van der Waals surface area contributed by atoms with Gasteiger partial charge in [0.2, 0.25) is 0 Å². The Morgan fingerprint density at radius 3 is 2.83 bits per heavy atom. The first kappa shape index (κ1) is 26.1. The van der Waals surface area contributed by atoms with Crippen LogP contribution in [0.15, 0.2) is 93.8 Å². The van der Waals surface area contributed by atoms with E-state index in [2.05, 4.69) is 79.1 Å². The average Bonchev–Trinajstić information content (AvgIpc) is 3.64. The molecule has 5 nitrogen and oxygen atoms in total. The molecule has 2 aromatic heterocycles. The van der Waals surface area contributed by atoms with Crippen molar-refractivity contribution < 1.29 is 30.5 Å².